The lowest BCUT2D eigenvalue weighted by Crippen LogP contribution is -2.56. The molecule has 3 aliphatic heterocycles. The van der Waals surface area contributed by atoms with Gasteiger partial charge >= 0.3 is 0 Å². The summed E-state index contributed by atoms with van der Waals surface area (Å²) in [4.78, 5) is 17.4. The summed E-state index contributed by atoms with van der Waals surface area (Å²) in [6, 6.07) is 10.6. The van der Waals surface area contributed by atoms with Gasteiger partial charge in [-0.1, -0.05) is 30.3 Å². The number of amides is 1. The zero-order valence-corrected chi connectivity index (χ0v) is 16.9. The van der Waals surface area contributed by atoms with Crippen LogP contribution in [0.25, 0.3) is 0 Å². The van der Waals surface area contributed by atoms with Crippen molar-refractivity contribution in [3.8, 4) is 0 Å². The van der Waals surface area contributed by atoms with Gasteiger partial charge in [0.15, 0.2) is 0 Å². The largest absolute Gasteiger partial charge is 0.396 e. The van der Waals surface area contributed by atoms with Gasteiger partial charge in [-0.2, -0.15) is 0 Å². The average molecular weight is 387 g/mol. The lowest BCUT2D eigenvalue weighted by Gasteiger charge is -2.52. The zero-order valence-electron chi connectivity index (χ0n) is 16.9. The highest BCUT2D eigenvalue weighted by Gasteiger charge is 2.46. The maximum absolute atomic E-state index is 12.8. The molecule has 28 heavy (non-hydrogen) atoms. The molecule has 0 saturated carbocycles. The van der Waals surface area contributed by atoms with E-state index in [1.54, 1.807) is 0 Å². The molecule has 3 fully saturated rings. The Morgan fingerprint density at radius 3 is 2.43 bits per heavy atom. The predicted molar refractivity (Wildman–Crippen MR) is 109 cm³/mol. The monoisotopic (exact) mass is 386 g/mol. The van der Waals surface area contributed by atoms with Crippen LogP contribution < -0.4 is 0 Å². The van der Waals surface area contributed by atoms with Gasteiger partial charge < -0.3 is 19.6 Å². The number of nitrogens with zero attached hydrogens (tertiary/aromatic N) is 2. The molecule has 3 saturated heterocycles. The minimum atomic E-state index is 0.187. The number of benzene rings is 1. The second-order valence-corrected chi connectivity index (χ2v) is 8.87. The van der Waals surface area contributed by atoms with E-state index in [1.807, 2.05) is 35.2 Å². The quantitative estimate of drug-likeness (QED) is 0.863. The molecule has 1 atom stereocenters. The Morgan fingerprint density at radius 2 is 1.75 bits per heavy atom. The molecular formula is C23H34N2O3. The van der Waals surface area contributed by atoms with E-state index in [0.29, 0.717) is 19.0 Å². The van der Waals surface area contributed by atoms with E-state index >= 15 is 0 Å². The van der Waals surface area contributed by atoms with Gasteiger partial charge in [-0.25, -0.2) is 0 Å². The normalized spacial score (nSPS) is 26.5. The summed E-state index contributed by atoms with van der Waals surface area (Å²) in [6.45, 7) is 5.76. The van der Waals surface area contributed by atoms with Gasteiger partial charge in [0, 0.05) is 44.9 Å². The molecule has 154 valence electrons. The third kappa shape index (κ3) is 4.27. The molecule has 3 aliphatic rings. The topological polar surface area (TPSA) is 53.0 Å². The van der Waals surface area contributed by atoms with Crippen LogP contribution in [0.2, 0.25) is 0 Å². The molecule has 0 unspecified atom stereocenters. The predicted octanol–water partition coefficient (Wildman–Crippen LogP) is 2.33. The van der Waals surface area contributed by atoms with Crippen molar-refractivity contribution < 1.29 is 14.6 Å². The number of carbonyl (C=O) groups excluding carboxylic acids is 1. The first-order valence-electron chi connectivity index (χ1n) is 10.9. The van der Waals surface area contributed by atoms with Crippen molar-refractivity contribution in [1.29, 1.82) is 0 Å². The van der Waals surface area contributed by atoms with Crippen LogP contribution in [0.3, 0.4) is 0 Å². The first-order chi connectivity index (χ1) is 13.7. The standard InChI is InChI=1S/C23H34N2O3/c26-18-20-17-25(22(27)16-19-4-2-1-3-5-19)13-10-23(20)8-11-24(12-9-23)21-6-14-28-15-7-21/h1-5,20-21,26H,6-18H2/t20-/m1/s1. The first-order valence-corrected chi connectivity index (χ1v) is 10.9. The maximum atomic E-state index is 12.8. The average Bonchev–Trinajstić information content (AvgIpc) is 2.76. The molecule has 5 nitrogen and oxygen atoms in total. The van der Waals surface area contributed by atoms with Crippen molar-refractivity contribution in [2.45, 2.75) is 44.6 Å². The number of hydrogen-bond acceptors (Lipinski definition) is 4. The summed E-state index contributed by atoms with van der Waals surface area (Å²) >= 11 is 0. The van der Waals surface area contributed by atoms with Crippen molar-refractivity contribution in [1.82, 2.24) is 9.80 Å². The van der Waals surface area contributed by atoms with Crippen molar-refractivity contribution in [3.63, 3.8) is 0 Å². The number of rotatable bonds is 4. The second kappa shape index (κ2) is 8.93. The van der Waals surface area contributed by atoms with Crippen molar-refractivity contribution in [2.75, 3.05) is 46.0 Å². The van der Waals surface area contributed by atoms with Gasteiger partial charge in [-0.05, 0) is 56.2 Å². The van der Waals surface area contributed by atoms with Crippen molar-refractivity contribution >= 4 is 5.91 Å². The third-order valence-corrected chi connectivity index (χ3v) is 7.46. The molecular weight excluding hydrogens is 352 g/mol. The van der Waals surface area contributed by atoms with Crippen molar-refractivity contribution in [3.05, 3.63) is 35.9 Å². The fourth-order valence-electron chi connectivity index (χ4n) is 5.52. The third-order valence-electron chi connectivity index (χ3n) is 7.46. The Morgan fingerprint density at radius 1 is 1.07 bits per heavy atom. The molecule has 0 bridgehead atoms. The smallest absolute Gasteiger partial charge is 0.227 e. The SMILES string of the molecule is O=C(Cc1ccccc1)N1CCC2(CCN(C3CCOCC3)CC2)[C@@H](CO)C1. The number of carbonyl (C=O) groups is 1. The number of piperidine rings is 2. The van der Waals surface area contributed by atoms with Crippen LogP contribution in [-0.2, 0) is 16.0 Å². The van der Waals surface area contributed by atoms with Gasteiger partial charge in [-0.15, -0.1) is 0 Å². The van der Waals surface area contributed by atoms with E-state index in [1.165, 1.54) is 0 Å². The molecule has 0 aliphatic carbocycles. The van der Waals surface area contributed by atoms with Crippen LogP contribution in [0.1, 0.15) is 37.7 Å². The maximum Gasteiger partial charge on any atom is 0.227 e. The molecule has 1 aromatic rings. The Hall–Kier alpha value is -1.43. The number of ether oxygens (including phenoxy) is 1. The molecule has 1 spiro atoms. The summed E-state index contributed by atoms with van der Waals surface area (Å²) in [5.41, 5.74) is 1.28. The molecule has 1 amide bonds. The Balaban J connectivity index is 1.34. The lowest BCUT2D eigenvalue weighted by atomic mass is 9.64. The fraction of sp³-hybridized carbons (Fsp3) is 0.696. The number of hydrogen-bond donors (Lipinski definition) is 1. The number of likely N-dealkylation sites (tertiary alicyclic amines) is 2. The zero-order chi connectivity index (χ0) is 19.4. The summed E-state index contributed by atoms with van der Waals surface area (Å²) < 4.78 is 5.51. The van der Waals surface area contributed by atoms with E-state index in [9.17, 15) is 9.90 Å². The Kier molecular flexibility index (Phi) is 6.34. The van der Waals surface area contributed by atoms with Gasteiger partial charge in [0.1, 0.15) is 0 Å². The van der Waals surface area contributed by atoms with E-state index in [4.69, 9.17) is 4.74 Å². The second-order valence-electron chi connectivity index (χ2n) is 8.87. The molecule has 3 heterocycles. The fourth-order valence-corrected chi connectivity index (χ4v) is 5.52. The minimum absolute atomic E-state index is 0.187. The minimum Gasteiger partial charge on any atom is -0.396 e. The summed E-state index contributed by atoms with van der Waals surface area (Å²) in [6.07, 6.45) is 6.09. The molecule has 0 aromatic heterocycles. The van der Waals surface area contributed by atoms with E-state index in [2.05, 4.69) is 4.90 Å². The van der Waals surface area contributed by atoms with Gasteiger partial charge in [0.2, 0.25) is 5.91 Å². The molecule has 1 N–H and O–H groups in total. The van der Waals surface area contributed by atoms with Crippen LogP contribution in [0.4, 0.5) is 0 Å². The highest BCUT2D eigenvalue weighted by Crippen LogP contribution is 2.45. The van der Waals surface area contributed by atoms with Crippen LogP contribution in [0.15, 0.2) is 30.3 Å². The highest BCUT2D eigenvalue weighted by atomic mass is 16.5. The molecule has 0 radical (unpaired) electrons. The van der Waals surface area contributed by atoms with Crippen LogP contribution in [-0.4, -0.2) is 72.9 Å². The van der Waals surface area contributed by atoms with Crippen molar-refractivity contribution in [2.24, 2.45) is 11.3 Å². The summed E-state index contributed by atoms with van der Waals surface area (Å²) in [5, 5.41) is 10.1. The van der Waals surface area contributed by atoms with Gasteiger partial charge in [0.05, 0.1) is 6.42 Å². The van der Waals surface area contributed by atoms with E-state index < -0.39 is 0 Å². The summed E-state index contributed by atoms with van der Waals surface area (Å²) in [5.74, 6) is 0.400. The Bertz CT molecular complexity index is 637. The molecule has 4 rings (SSSR count). The first kappa shape index (κ1) is 19.9. The Labute approximate surface area is 168 Å². The van der Waals surface area contributed by atoms with Gasteiger partial charge in [-0.3, -0.25) is 4.79 Å². The molecule has 1 aromatic carbocycles. The number of aliphatic hydroxyl groups excluding tert-OH is 1. The number of aliphatic hydroxyl groups is 1. The van der Waals surface area contributed by atoms with Crippen LogP contribution in [0, 0.1) is 11.3 Å². The lowest BCUT2D eigenvalue weighted by molar-refractivity contribution is -0.137. The molecule has 5 heteroatoms. The van der Waals surface area contributed by atoms with E-state index in [0.717, 1.165) is 70.5 Å². The van der Waals surface area contributed by atoms with E-state index in [-0.39, 0.29) is 23.8 Å². The van der Waals surface area contributed by atoms with Crippen LogP contribution in [0.5, 0.6) is 0 Å². The van der Waals surface area contributed by atoms with Crippen LogP contribution >= 0.6 is 0 Å². The highest BCUT2D eigenvalue weighted by molar-refractivity contribution is 5.78. The summed E-state index contributed by atoms with van der Waals surface area (Å²) in [7, 11) is 0. The van der Waals surface area contributed by atoms with Gasteiger partial charge in [0.25, 0.3) is 0 Å².